The summed E-state index contributed by atoms with van der Waals surface area (Å²) in [5, 5.41) is 0. The van der Waals surface area contributed by atoms with Crippen LogP contribution in [0.15, 0.2) is 36.5 Å². The zero-order chi connectivity index (χ0) is 50.7. The summed E-state index contributed by atoms with van der Waals surface area (Å²) in [7, 11) is 0. The summed E-state index contributed by atoms with van der Waals surface area (Å²) in [5.41, 5.74) is 0. The van der Waals surface area contributed by atoms with E-state index >= 15 is 0 Å². The maximum absolute atomic E-state index is 12.8. The molecular formula is C64H118O6. The van der Waals surface area contributed by atoms with Crippen molar-refractivity contribution < 1.29 is 28.6 Å². The molecule has 0 heterocycles. The van der Waals surface area contributed by atoms with Crippen LogP contribution < -0.4 is 0 Å². The Bertz CT molecular complexity index is 1170. The van der Waals surface area contributed by atoms with Crippen molar-refractivity contribution in [3.63, 3.8) is 0 Å². The Labute approximate surface area is 435 Å². The monoisotopic (exact) mass is 983 g/mol. The van der Waals surface area contributed by atoms with Crippen LogP contribution >= 0.6 is 0 Å². The fourth-order valence-corrected chi connectivity index (χ4v) is 9.18. The highest BCUT2D eigenvalue weighted by Crippen LogP contribution is 2.17. The van der Waals surface area contributed by atoms with E-state index in [9.17, 15) is 14.4 Å². The summed E-state index contributed by atoms with van der Waals surface area (Å²) < 4.78 is 16.9. The van der Waals surface area contributed by atoms with Gasteiger partial charge in [-0.15, -0.1) is 0 Å². The number of allylic oxidation sites excluding steroid dienone is 6. The van der Waals surface area contributed by atoms with Gasteiger partial charge >= 0.3 is 17.9 Å². The van der Waals surface area contributed by atoms with Crippen LogP contribution in [0.4, 0.5) is 0 Å². The first-order valence-electron chi connectivity index (χ1n) is 31.0. The van der Waals surface area contributed by atoms with Crippen LogP contribution in [0.1, 0.15) is 335 Å². The van der Waals surface area contributed by atoms with Crippen molar-refractivity contribution in [2.75, 3.05) is 13.2 Å². The largest absolute Gasteiger partial charge is 0.462 e. The lowest BCUT2D eigenvalue weighted by atomic mass is 10.0. The van der Waals surface area contributed by atoms with E-state index < -0.39 is 6.10 Å². The van der Waals surface area contributed by atoms with Crippen LogP contribution in [-0.2, 0) is 28.6 Å². The molecule has 6 heteroatoms. The molecule has 0 amide bonds. The van der Waals surface area contributed by atoms with Gasteiger partial charge in [0.1, 0.15) is 13.2 Å². The highest BCUT2D eigenvalue weighted by molar-refractivity contribution is 5.71. The third-order valence-electron chi connectivity index (χ3n) is 13.8. The summed E-state index contributed by atoms with van der Waals surface area (Å²) in [4.78, 5) is 38.1. The van der Waals surface area contributed by atoms with Crippen molar-refractivity contribution in [2.45, 2.75) is 341 Å². The summed E-state index contributed by atoms with van der Waals surface area (Å²) in [6.45, 7) is 6.59. The molecule has 6 nitrogen and oxygen atoms in total. The van der Waals surface area contributed by atoms with Gasteiger partial charge in [-0.2, -0.15) is 0 Å². The second kappa shape index (κ2) is 59.2. The third kappa shape index (κ3) is 56.5. The maximum atomic E-state index is 12.8. The van der Waals surface area contributed by atoms with Gasteiger partial charge < -0.3 is 14.2 Å². The smallest absolute Gasteiger partial charge is 0.306 e. The molecule has 0 aliphatic carbocycles. The number of unbranched alkanes of at least 4 members (excludes halogenated alkanes) is 40. The van der Waals surface area contributed by atoms with Crippen LogP contribution in [0.2, 0.25) is 0 Å². The number of hydrogen-bond donors (Lipinski definition) is 0. The number of rotatable bonds is 57. The van der Waals surface area contributed by atoms with E-state index in [0.717, 1.165) is 96.3 Å². The Kier molecular flexibility index (Phi) is 57.2. The van der Waals surface area contributed by atoms with Crippen molar-refractivity contribution in [2.24, 2.45) is 0 Å². The molecule has 1 atom stereocenters. The molecular weight excluding hydrogens is 865 g/mol. The van der Waals surface area contributed by atoms with Crippen LogP contribution in [-0.4, -0.2) is 37.2 Å². The zero-order valence-corrected chi connectivity index (χ0v) is 47.1. The van der Waals surface area contributed by atoms with Crippen molar-refractivity contribution in [1.82, 2.24) is 0 Å². The van der Waals surface area contributed by atoms with Gasteiger partial charge in [0.25, 0.3) is 0 Å². The summed E-state index contributed by atoms with van der Waals surface area (Å²) in [6, 6.07) is 0. The molecule has 1 unspecified atom stereocenters. The second-order valence-electron chi connectivity index (χ2n) is 21.0. The Morgan fingerprint density at radius 2 is 0.543 bits per heavy atom. The highest BCUT2D eigenvalue weighted by atomic mass is 16.6. The van der Waals surface area contributed by atoms with E-state index in [1.807, 2.05) is 0 Å². The molecule has 0 N–H and O–H groups in total. The van der Waals surface area contributed by atoms with Crippen molar-refractivity contribution in [3.8, 4) is 0 Å². The Morgan fingerprint density at radius 1 is 0.286 bits per heavy atom. The van der Waals surface area contributed by atoms with Crippen molar-refractivity contribution in [3.05, 3.63) is 36.5 Å². The molecule has 0 radical (unpaired) electrons. The van der Waals surface area contributed by atoms with Crippen molar-refractivity contribution in [1.29, 1.82) is 0 Å². The Morgan fingerprint density at radius 3 is 0.871 bits per heavy atom. The number of hydrogen-bond acceptors (Lipinski definition) is 6. The molecule has 0 aromatic rings. The van der Waals surface area contributed by atoms with E-state index in [0.29, 0.717) is 19.3 Å². The lowest BCUT2D eigenvalue weighted by Gasteiger charge is -2.18. The van der Waals surface area contributed by atoms with Gasteiger partial charge in [0.15, 0.2) is 6.10 Å². The van der Waals surface area contributed by atoms with Gasteiger partial charge in [0, 0.05) is 19.3 Å². The van der Waals surface area contributed by atoms with E-state index in [1.54, 1.807) is 0 Å². The van der Waals surface area contributed by atoms with Crippen LogP contribution in [0.5, 0.6) is 0 Å². The minimum Gasteiger partial charge on any atom is -0.462 e. The highest BCUT2D eigenvalue weighted by Gasteiger charge is 2.19. The fraction of sp³-hybridized carbons (Fsp3) is 0.859. The number of ether oxygens (including phenoxy) is 3. The third-order valence-corrected chi connectivity index (χ3v) is 13.8. The van der Waals surface area contributed by atoms with E-state index in [-0.39, 0.29) is 31.1 Å². The summed E-state index contributed by atoms with van der Waals surface area (Å²) in [5.74, 6) is -0.883. The summed E-state index contributed by atoms with van der Waals surface area (Å²) >= 11 is 0. The van der Waals surface area contributed by atoms with Gasteiger partial charge in [-0.3, -0.25) is 14.4 Å². The zero-order valence-electron chi connectivity index (χ0n) is 47.1. The molecule has 0 aliphatic rings. The van der Waals surface area contributed by atoms with Gasteiger partial charge in [0.05, 0.1) is 0 Å². The van der Waals surface area contributed by atoms with Gasteiger partial charge in [0.2, 0.25) is 0 Å². The van der Waals surface area contributed by atoms with Crippen LogP contribution in [0, 0.1) is 0 Å². The van der Waals surface area contributed by atoms with E-state index in [2.05, 4.69) is 57.2 Å². The average molecular weight is 984 g/mol. The van der Waals surface area contributed by atoms with E-state index in [4.69, 9.17) is 14.2 Å². The predicted molar refractivity (Wildman–Crippen MR) is 302 cm³/mol. The molecule has 0 aromatic heterocycles. The van der Waals surface area contributed by atoms with E-state index in [1.165, 1.54) is 199 Å². The molecule has 0 aliphatic heterocycles. The number of esters is 3. The van der Waals surface area contributed by atoms with Crippen LogP contribution in [0.25, 0.3) is 0 Å². The number of carbonyl (C=O) groups excluding carboxylic acids is 3. The van der Waals surface area contributed by atoms with Gasteiger partial charge in [-0.1, -0.05) is 282 Å². The summed E-state index contributed by atoms with van der Waals surface area (Å²) in [6.07, 6.45) is 71.6. The molecule has 0 spiro atoms. The molecule has 0 fully saturated rings. The quantitative estimate of drug-likeness (QED) is 0.0261. The average Bonchev–Trinajstić information content (AvgIpc) is 3.36. The SMILES string of the molecule is CCC/C=C\C/C=C\CCCCCCCC(=O)OC(COC(=O)CCCCCCC/C=C\CCCCCC)COC(=O)CCCCCCCCCCCCCCCCCCCCCCCCCCCC. The molecule has 0 rings (SSSR count). The number of carbonyl (C=O) groups is 3. The first kappa shape index (κ1) is 67.6. The predicted octanol–water partition coefficient (Wildman–Crippen LogP) is 20.8. The standard InChI is InChI=1S/C64H118O6/c1-4-7-10-13-16-19-22-25-26-27-28-29-30-31-32-33-34-35-36-37-40-42-45-48-51-54-57-63(66)69-60-61(70-64(67)58-55-52-49-46-43-39-24-21-18-15-12-9-6-3)59-68-62(65)56-53-50-47-44-41-38-23-20-17-14-11-8-5-2/h12,15,20-21,23-24,61H,4-11,13-14,16-19,22,25-60H2,1-3H3/b15-12-,23-20-,24-21-. The normalized spacial score (nSPS) is 12.2. The fourth-order valence-electron chi connectivity index (χ4n) is 9.18. The molecule has 0 saturated heterocycles. The molecule has 0 bridgehead atoms. The second-order valence-corrected chi connectivity index (χ2v) is 21.0. The topological polar surface area (TPSA) is 78.9 Å². The molecule has 70 heavy (non-hydrogen) atoms. The van der Waals surface area contributed by atoms with Crippen molar-refractivity contribution >= 4 is 17.9 Å². The Hall–Kier alpha value is -2.37. The minimum absolute atomic E-state index is 0.0770. The first-order valence-corrected chi connectivity index (χ1v) is 31.0. The lowest BCUT2D eigenvalue weighted by Crippen LogP contribution is -2.30. The maximum Gasteiger partial charge on any atom is 0.306 e. The molecule has 410 valence electrons. The minimum atomic E-state index is -0.780. The van der Waals surface area contributed by atoms with Gasteiger partial charge in [-0.05, 0) is 70.6 Å². The lowest BCUT2D eigenvalue weighted by molar-refractivity contribution is -0.167. The molecule has 0 aromatic carbocycles. The Balaban J connectivity index is 4.18. The first-order chi connectivity index (χ1) is 34.5. The molecule has 0 saturated carbocycles. The van der Waals surface area contributed by atoms with Gasteiger partial charge in [-0.25, -0.2) is 0 Å². The van der Waals surface area contributed by atoms with Crippen LogP contribution in [0.3, 0.4) is 0 Å².